The van der Waals surface area contributed by atoms with Crippen molar-refractivity contribution in [3.8, 4) is 11.5 Å². The number of ketones is 2. The van der Waals surface area contributed by atoms with Gasteiger partial charge in [-0.15, -0.1) is 0 Å². The molecule has 1 fully saturated rings. The second kappa shape index (κ2) is 9.50. The van der Waals surface area contributed by atoms with Crippen LogP contribution in [0, 0.1) is 11.8 Å². The van der Waals surface area contributed by atoms with Gasteiger partial charge in [-0.3, -0.25) is 24.6 Å². The number of ether oxygens (including phenoxy) is 1. The molecule has 12 heteroatoms. The number of phenolic OH excluding ortho intramolecular Hbond substituents is 1. The van der Waals surface area contributed by atoms with E-state index in [9.17, 15) is 39.6 Å². The zero-order valence-corrected chi connectivity index (χ0v) is 21.5. The van der Waals surface area contributed by atoms with E-state index in [2.05, 4.69) is 5.32 Å². The molecule has 5 rings (SSSR count). The van der Waals surface area contributed by atoms with Crippen LogP contribution in [0.5, 0.6) is 11.5 Å². The Morgan fingerprint density at radius 2 is 1.75 bits per heavy atom. The van der Waals surface area contributed by atoms with Crippen molar-refractivity contribution < 1.29 is 44.3 Å². The van der Waals surface area contributed by atoms with Crippen molar-refractivity contribution in [2.45, 2.75) is 24.5 Å². The first kappa shape index (κ1) is 26.9. The van der Waals surface area contributed by atoms with Gasteiger partial charge in [-0.05, 0) is 62.7 Å². The molecule has 2 aromatic rings. The van der Waals surface area contributed by atoms with E-state index in [1.807, 2.05) is 0 Å². The highest BCUT2D eigenvalue weighted by Crippen LogP contribution is 2.53. The van der Waals surface area contributed by atoms with Crippen LogP contribution >= 0.6 is 0 Å². The fourth-order valence-corrected chi connectivity index (χ4v) is 6.09. The van der Waals surface area contributed by atoms with E-state index in [-0.39, 0.29) is 35.4 Å². The maximum absolute atomic E-state index is 13.9. The molecular formula is C28H27N3O9. The topological polar surface area (TPSA) is 200 Å². The number of carbonyl (C=O) groups excluding carboxylic acids is 4. The first-order chi connectivity index (χ1) is 18.9. The molecule has 0 bridgehead atoms. The summed E-state index contributed by atoms with van der Waals surface area (Å²) >= 11 is 0. The maximum Gasteiger partial charge on any atom is 0.417 e. The van der Waals surface area contributed by atoms with Crippen LogP contribution in [0.1, 0.15) is 17.5 Å². The first-order valence-corrected chi connectivity index (χ1v) is 12.4. The SMILES string of the molecule is CN(C)[C@@H]1C(=O)C(C(N)=O)=C(O)[C@@]2(O)C(=O)C3=C(O)c4c(O)ccc(NC(=O)Oc5ccccc5)c4CC3CC12. The quantitative estimate of drug-likeness (QED) is 0.240. The number of phenols is 1. The van der Waals surface area contributed by atoms with Crippen LogP contribution in [0.25, 0.3) is 5.76 Å². The van der Waals surface area contributed by atoms with Gasteiger partial charge in [0.25, 0.3) is 5.91 Å². The Labute approximate surface area is 228 Å². The molecule has 2 aromatic carbocycles. The lowest BCUT2D eigenvalue weighted by molar-refractivity contribution is -0.153. The monoisotopic (exact) mass is 549 g/mol. The predicted molar refractivity (Wildman–Crippen MR) is 140 cm³/mol. The number of carbonyl (C=O) groups is 4. The van der Waals surface area contributed by atoms with Crippen molar-refractivity contribution in [1.82, 2.24) is 4.90 Å². The Kier molecular flexibility index (Phi) is 6.39. The average Bonchev–Trinajstić information content (AvgIpc) is 2.88. The number of primary amides is 1. The number of aliphatic hydroxyl groups excluding tert-OH is 2. The van der Waals surface area contributed by atoms with E-state index in [1.54, 1.807) is 30.3 Å². The Hall–Kier alpha value is -4.68. The summed E-state index contributed by atoms with van der Waals surface area (Å²) in [5.41, 5.74) is 1.79. The van der Waals surface area contributed by atoms with Crippen LogP contribution in [0.15, 0.2) is 59.4 Å². The fourth-order valence-electron chi connectivity index (χ4n) is 6.09. The third-order valence-corrected chi connectivity index (χ3v) is 7.79. The van der Waals surface area contributed by atoms with Crippen LogP contribution in [0.4, 0.5) is 10.5 Å². The summed E-state index contributed by atoms with van der Waals surface area (Å²) in [5.74, 6) is -7.18. The number of anilines is 1. The second-order valence-corrected chi connectivity index (χ2v) is 10.3. The van der Waals surface area contributed by atoms with Crippen molar-refractivity contribution in [3.63, 3.8) is 0 Å². The number of para-hydroxylation sites is 1. The fraction of sp³-hybridized carbons (Fsp3) is 0.286. The van der Waals surface area contributed by atoms with Crippen LogP contribution in [0.2, 0.25) is 0 Å². The van der Waals surface area contributed by atoms with Gasteiger partial charge in [0.1, 0.15) is 28.6 Å². The number of fused-ring (bicyclic) bond motifs is 3. The summed E-state index contributed by atoms with van der Waals surface area (Å²) in [6.07, 6.45) is -0.888. The molecule has 2 amide bonds. The molecule has 0 heterocycles. The number of hydrogen-bond donors (Lipinski definition) is 6. The average molecular weight is 550 g/mol. The minimum atomic E-state index is -2.73. The van der Waals surface area contributed by atoms with Gasteiger partial charge in [0.2, 0.25) is 5.78 Å². The third kappa shape index (κ3) is 3.91. The van der Waals surface area contributed by atoms with Gasteiger partial charge >= 0.3 is 6.09 Å². The molecule has 4 atom stereocenters. The van der Waals surface area contributed by atoms with Crippen LogP contribution in [0.3, 0.4) is 0 Å². The number of rotatable bonds is 4. The normalized spacial score (nSPS) is 25.8. The van der Waals surface area contributed by atoms with Crippen molar-refractivity contribution in [2.24, 2.45) is 17.6 Å². The first-order valence-electron chi connectivity index (χ1n) is 12.4. The number of nitrogens with two attached hydrogens (primary N) is 1. The largest absolute Gasteiger partial charge is 0.508 e. The molecule has 0 aliphatic heterocycles. The van der Waals surface area contributed by atoms with Crippen LogP contribution in [-0.4, -0.2) is 74.6 Å². The summed E-state index contributed by atoms with van der Waals surface area (Å²) in [5, 5.41) is 47.0. The van der Waals surface area contributed by atoms with Crippen molar-refractivity contribution in [1.29, 1.82) is 0 Å². The zero-order chi connectivity index (χ0) is 29.1. The van der Waals surface area contributed by atoms with Crippen molar-refractivity contribution in [2.75, 3.05) is 19.4 Å². The van der Waals surface area contributed by atoms with Gasteiger partial charge < -0.3 is 30.9 Å². The lowest BCUT2D eigenvalue weighted by Gasteiger charge is -2.50. The van der Waals surface area contributed by atoms with Gasteiger partial charge in [-0.2, -0.15) is 0 Å². The predicted octanol–water partition coefficient (Wildman–Crippen LogP) is 1.57. The van der Waals surface area contributed by atoms with E-state index in [0.717, 1.165) is 0 Å². The van der Waals surface area contributed by atoms with Crippen LogP contribution < -0.4 is 15.8 Å². The molecule has 40 heavy (non-hydrogen) atoms. The third-order valence-electron chi connectivity index (χ3n) is 7.79. The lowest BCUT2D eigenvalue weighted by Crippen LogP contribution is -2.65. The molecule has 7 N–H and O–H groups in total. The maximum atomic E-state index is 13.9. The number of likely N-dealkylation sites (N-methyl/N-ethyl adjacent to an activating group) is 1. The minimum absolute atomic E-state index is 0.0177. The molecule has 208 valence electrons. The highest BCUT2D eigenvalue weighted by molar-refractivity contribution is 6.24. The summed E-state index contributed by atoms with van der Waals surface area (Å²) < 4.78 is 5.28. The van der Waals surface area contributed by atoms with Gasteiger partial charge in [-0.1, -0.05) is 18.2 Å². The highest BCUT2D eigenvalue weighted by Gasteiger charge is 2.64. The van der Waals surface area contributed by atoms with Crippen molar-refractivity contribution in [3.05, 3.63) is 70.5 Å². The number of amides is 2. The number of Topliss-reactive ketones (excluding diaryl/α,β-unsaturated/α-hetero) is 2. The molecule has 12 nitrogen and oxygen atoms in total. The number of benzene rings is 2. The van der Waals surface area contributed by atoms with Gasteiger partial charge in [-0.25, -0.2) is 4.79 Å². The van der Waals surface area contributed by atoms with Gasteiger partial charge in [0.15, 0.2) is 11.4 Å². The van der Waals surface area contributed by atoms with Gasteiger partial charge in [0, 0.05) is 17.2 Å². The standard InChI is InChI=1S/C28H27N3O9/c1-31(2)21-15-11-12-10-14-16(30-27(38)40-13-6-4-3-5-7-13)8-9-17(32)19(14)22(33)18(12)24(35)28(15,39)25(36)20(23(21)34)26(29)37/h3-9,12,15,21,32-33,36,39H,10-11H2,1-2H3,(H2,29,37)(H,30,38)/t12?,15?,21-,28-/m0/s1. The summed E-state index contributed by atoms with van der Waals surface area (Å²) in [4.78, 5) is 53.1. The summed E-state index contributed by atoms with van der Waals surface area (Å²) in [6.45, 7) is 0. The summed E-state index contributed by atoms with van der Waals surface area (Å²) in [6, 6.07) is 9.73. The lowest BCUT2D eigenvalue weighted by atomic mass is 9.57. The Bertz CT molecular complexity index is 1530. The number of aliphatic hydroxyl groups is 3. The smallest absolute Gasteiger partial charge is 0.417 e. The molecule has 2 unspecified atom stereocenters. The van der Waals surface area contributed by atoms with E-state index >= 15 is 0 Å². The number of nitrogens with zero attached hydrogens (tertiary/aromatic N) is 1. The molecule has 0 radical (unpaired) electrons. The molecule has 0 spiro atoms. The molecule has 3 aliphatic rings. The Morgan fingerprint density at radius 1 is 1.07 bits per heavy atom. The van der Waals surface area contributed by atoms with E-state index in [0.29, 0.717) is 5.56 Å². The van der Waals surface area contributed by atoms with E-state index in [4.69, 9.17) is 10.5 Å². The Balaban J connectivity index is 1.60. The molecule has 1 saturated carbocycles. The van der Waals surface area contributed by atoms with E-state index < -0.39 is 69.9 Å². The molecular weight excluding hydrogens is 522 g/mol. The molecule has 3 aliphatic carbocycles. The van der Waals surface area contributed by atoms with Gasteiger partial charge in [0.05, 0.1) is 11.6 Å². The highest BCUT2D eigenvalue weighted by atomic mass is 16.6. The number of hydrogen-bond acceptors (Lipinski definition) is 10. The molecule has 0 aromatic heterocycles. The zero-order valence-electron chi connectivity index (χ0n) is 21.5. The van der Waals surface area contributed by atoms with Crippen LogP contribution in [-0.2, 0) is 20.8 Å². The molecule has 0 saturated heterocycles. The second-order valence-electron chi connectivity index (χ2n) is 10.3. The Morgan fingerprint density at radius 3 is 2.38 bits per heavy atom. The number of aromatic hydroxyl groups is 1. The van der Waals surface area contributed by atoms with E-state index in [1.165, 1.54) is 31.1 Å². The minimum Gasteiger partial charge on any atom is -0.508 e. The summed E-state index contributed by atoms with van der Waals surface area (Å²) in [7, 11) is 3.04. The number of nitrogens with one attached hydrogen (secondary N) is 1. The van der Waals surface area contributed by atoms with Crippen molar-refractivity contribution >= 4 is 35.0 Å².